The predicted octanol–water partition coefficient (Wildman–Crippen LogP) is 3.26. The first-order chi connectivity index (χ1) is 11.6. The van der Waals surface area contributed by atoms with Crippen molar-refractivity contribution in [1.29, 1.82) is 0 Å². The predicted molar refractivity (Wildman–Crippen MR) is 92.6 cm³/mol. The van der Waals surface area contributed by atoms with Gasteiger partial charge in [-0.05, 0) is 28.9 Å². The minimum Gasteiger partial charge on any atom is -0.322 e. The summed E-state index contributed by atoms with van der Waals surface area (Å²) in [6.45, 7) is 1.95. The van der Waals surface area contributed by atoms with Crippen LogP contribution >= 0.6 is 11.3 Å². The van der Waals surface area contributed by atoms with Crippen LogP contribution in [-0.2, 0) is 4.79 Å². The molecule has 122 valence electrons. The molecule has 2 aromatic rings. The summed E-state index contributed by atoms with van der Waals surface area (Å²) in [5.74, 6) is -0.348. The van der Waals surface area contributed by atoms with Gasteiger partial charge in [0, 0.05) is 23.4 Å². The number of nitroso groups, excluding NO2 is 1. The Morgan fingerprint density at radius 2 is 2.12 bits per heavy atom. The van der Waals surface area contributed by atoms with E-state index in [9.17, 15) is 14.5 Å². The Kier molecular flexibility index (Phi) is 4.48. The van der Waals surface area contributed by atoms with E-state index in [2.05, 4.69) is 21.0 Å². The third-order valence-corrected chi connectivity index (χ3v) is 4.44. The number of carbonyl (C=O) groups is 2. The molecule has 1 aliphatic rings. The van der Waals surface area contributed by atoms with E-state index in [1.165, 1.54) is 6.07 Å². The van der Waals surface area contributed by atoms with Crippen molar-refractivity contribution in [2.24, 2.45) is 16.2 Å². The van der Waals surface area contributed by atoms with Crippen LogP contribution in [0.1, 0.15) is 29.3 Å². The van der Waals surface area contributed by atoms with Crippen molar-refractivity contribution in [1.82, 2.24) is 5.43 Å². The first kappa shape index (κ1) is 16.0. The standard InChI is InChI=1S/C16H14N4O3S/c1-9-6-13(21)18-19-15(9)10-2-4-12(5-3-10)17-16(22)11-7-14(20-23)24-8-11/h2-5,7-9H,6H2,1H3,(H,17,22)(H,18,21). The summed E-state index contributed by atoms with van der Waals surface area (Å²) in [4.78, 5) is 33.8. The molecule has 1 atom stereocenters. The van der Waals surface area contributed by atoms with Crippen LogP contribution < -0.4 is 10.7 Å². The summed E-state index contributed by atoms with van der Waals surface area (Å²) >= 11 is 1.12. The number of thiophene rings is 1. The van der Waals surface area contributed by atoms with Gasteiger partial charge in [0.2, 0.25) is 5.91 Å². The number of hydrazone groups is 1. The van der Waals surface area contributed by atoms with Gasteiger partial charge >= 0.3 is 0 Å². The van der Waals surface area contributed by atoms with Crippen LogP contribution in [0.15, 0.2) is 46.0 Å². The lowest BCUT2D eigenvalue weighted by atomic mass is 9.94. The van der Waals surface area contributed by atoms with E-state index in [0.717, 1.165) is 22.6 Å². The summed E-state index contributed by atoms with van der Waals surface area (Å²) in [5.41, 5.74) is 5.21. The van der Waals surface area contributed by atoms with Crippen molar-refractivity contribution in [2.75, 3.05) is 5.32 Å². The average molecular weight is 342 g/mol. The van der Waals surface area contributed by atoms with Gasteiger partial charge in [-0.3, -0.25) is 9.59 Å². The molecule has 7 nitrogen and oxygen atoms in total. The Labute approximate surface area is 141 Å². The molecule has 24 heavy (non-hydrogen) atoms. The third kappa shape index (κ3) is 3.38. The van der Waals surface area contributed by atoms with Crippen molar-refractivity contribution in [3.05, 3.63) is 51.7 Å². The van der Waals surface area contributed by atoms with Crippen LogP contribution in [0.25, 0.3) is 0 Å². The molecule has 2 amide bonds. The van der Waals surface area contributed by atoms with Gasteiger partial charge in [-0.2, -0.15) is 5.10 Å². The van der Waals surface area contributed by atoms with Gasteiger partial charge in [0.05, 0.1) is 11.3 Å². The lowest BCUT2D eigenvalue weighted by Gasteiger charge is -2.19. The maximum Gasteiger partial charge on any atom is 0.256 e. The Bertz CT molecular complexity index is 826. The average Bonchev–Trinajstić information content (AvgIpc) is 3.05. The zero-order valence-corrected chi connectivity index (χ0v) is 13.6. The largest absolute Gasteiger partial charge is 0.322 e. The quantitative estimate of drug-likeness (QED) is 0.834. The number of hydrogen-bond donors (Lipinski definition) is 2. The van der Waals surface area contributed by atoms with Gasteiger partial charge in [-0.15, -0.1) is 16.2 Å². The number of hydrogen-bond acceptors (Lipinski definition) is 6. The molecule has 0 spiro atoms. The fourth-order valence-corrected chi connectivity index (χ4v) is 3.08. The van der Waals surface area contributed by atoms with Crippen LogP contribution in [-0.4, -0.2) is 17.5 Å². The van der Waals surface area contributed by atoms with Crippen molar-refractivity contribution < 1.29 is 9.59 Å². The van der Waals surface area contributed by atoms with Gasteiger partial charge in [0.25, 0.3) is 5.91 Å². The number of nitrogens with zero attached hydrogens (tertiary/aromatic N) is 2. The first-order valence-electron chi connectivity index (χ1n) is 7.27. The maximum absolute atomic E-state index is 12.1. The number of anilines is 1. The number of rotatable bonds is 4. The van der Waals surface area contributed by atoms with Gasteiger partial charge < -0.3 is 5.32 Å². The second kappa shape index (κ2) is 6.71. The minimum atomic E-state index is -0.301. The van der Waals surface area contributed by atoms with E-state index >= 15 is 0 Å². The maximum atomic E-state index is 12.1. The van der Waals surface area contributed by atoms with E-state index in [-0.39, 0.29) is 22.7 Å². The van der Waals surface area contributed by atoms with E-state index in [1.807, 2.05) is 19.1 Å². The van der Waals surface area contributed by atoms with Crippen molar-refractivity contribution in [3.63, 3.8) is 0 Å². The summed E-state index contributed by atoms with van der Waals surface area (Å²) in [5, 5.41) is 11.5. The Hall–Kier alpha value is -2.87. The van der Waals surface area contributed by atoms with E-state index in [4.69, 9.17) is 0 Å². The molecule has 0 aliphatic carbocycles. The molecular weight excluding hydrogens is 328 g/mol. The summed E-state index contributed by atoms with van der Waals surface area (Å²) in [6.07, 6.45) is 0.405. The van der Waals surface area contributed by atoms with Crippen molar-refractivity contribution >= 4 is 39.6 Å². The number of carbonyl (C=O) groups excluding carboxylic acids is 2. The number of amides is 2. The van der Waals surface area contributed by atoms with E-state index < -0.39 is 0 Å². The molecule has 0 radical (unpaired) electrons. The Morgan fingerprint density at radius 1 is 1.38 bits per heavy atom. The van der Waals surface area contributed by atoms with Crippen molar-refractivity contribution in [2.45, 2.75) is 13.3 Å². The molecule has 0 saturated carbocycles. The Balaban J connectivity index is 1.71. The molecule has 1 unspecified atom stereocenters. The second-order valence-corrected chi connectivity index (χ2v) is 6.32. The molecule has 8 heteroatoms. The highest BCUT2D eigenvalue weighted by Gasteiger charge is 2.21. The minimum absolute atomic E-state index is 0.0410. The zero-order chi connectivity index (χ0) is 17.1. The van der Waals surface area contributed by atoms with Gasteiger partial charge in [0.15, 0.2) is 5.00 Å². The normalized spacial score (nSPS) is 17.0. The van der Waals surface area contributed by atoms with Crippen LogP contribution in [0, 0.1) is 10.8 Å². The van der Waals surface area contributed by atoms with Crippen LogP contribution in [0.4, 0.5) is 10.7 Å². The van der Waals surface area contributed by atoms with Crippen molar-refractivity contribution in [3.8, 4) is 0 Å². The molecule has 1 aliphatic heterocycles. The van der Waals surface area contributed by atoms with Gasteiger partial charge in [-0.1, -0.05) is 19.1 Å². The SMILES string of the molecule is CC1CC(=O)NN=C1c1ccc(NC(=O)c2csc(N=O)c2)cc1. The lowest BCUT2D eigenvalue weighted by Crippen LogP contribution is -2.31. The molecular formula is C16H14N4O3S. The van der Waals surface area contributed by atoms with Crippen LogP contribution in [0.2, 0.25) is 0 Å². The second-order valence-electron chi connectivity index (χ2n) is 5.43. The van der Waals surface area contributed by atoms with Gasteiger partial charge in [0.1, 0.15) is 0 Å². The molecule has 0 fully saturated rings. The highest BCUT2D eigenvalue weighted by Crippen LogP contribution is 2.24. The van der Waals surface area contributed by atoms with Gasteiger partial charge in [-0.25, -0.2) is 5.43 Å². The summed E-state index contributed by atoms with van der Waals surface area (Å²) < 4.78 is 0. The summed E-state index contributed by atoms with van der Waals surface area (Å²) in [6, 6.07) is 8.67. The highest BCUT2D eigenvalue weighted by molar-refractivity contribution is 7.14. The zero-order valence-electron chi connectivity index (χ0n) is 12.8. The molecule has 2 heterocycles. The topological polar surface area (TPSA) is 100.0 Å². The Morgan fingerprint density at radius 3 is 2.75 bits per heavy atom. The highest BCUT2D eigenvalue weighted by atomic mass is 32.1. The smallest absolute Gasteiger partial charge is 0.256 e. The fourth-order valence-electron chi connectivity index (χ4n) is 2.42. The van der Waals surface area contributed by atoms with E-state index in [1.54, 1.807) is 17.5 Å². The molecule has 2 N–H and O–H groups in total. The fraction of sp³-hybridized carbons (Fsp3) is 0.188. The lowest BCUT2D eigenvalue weighted by molar-refractivity contribution is -0.121. The van der Waals surface area contributed by atoms with Crippen LogP contribution in [0.3, 0.4) is 0 Å². The monoisotopic (exact) mass is 342 g/mol. The molecule has 3 rings (SSSR count). The molecule has 0 saturated heterocycles. The molecule has 0 bridgehead atoms. The number of nitrogens with one attached hydrogen (secondary N) is 2. The number of benzene rings is 1. The first-order valence-corrected chi connectivity index (χ1v) is 8.15. The summed E-state index contributed by atoms with van der Waals surface area (Å²) in [7, 11) is 0. The molecule has 1 aromatic carbocycles. The van der Waals surface area contributed by atoms with E-state index in [0.29, 0.717) is 17.7 Å². The van der Waals surface area contributed by atoms with Crippen LogP contribution in [0.5, 0.6) is 0 Å². The molecule has 1 aromatic heterocycles. The third-order valence-electron chi connectivity index (χ3n) is 3.64.